The van der Waals surface area contributed by atoms with Gasteiger partial charge in [-0.3, -0.25) is 0 Å². The highest BCUT2D eigenvalue weighted by atomic mass is 19.1. The summed E-state index contributed by atoms with van der Waals surface area (Å²) in [4.78, 5) is 0. The van der Waals surface area contributed by atoms with E-state index in [4.69, 9.17) is 0 Å². The molecule has 1 saturated carbocycles. The smallest absolute Gasteiger partial charge is 0.123 e. The topological polar surface area (TPSA) is 0 Å². The molecule has 1 fully saturated rings. The number of halogens is 1. The first-order chi connectivity index (χ1) is 7.81. The van der Waals surface area contributed by atoms with Crippen LogP contribution in [0.4, 0.5) is 4.39 Å². The van der Waals surface area contributed by atoms with Gasteiger partial charge in [0.2, 0.25) is 0 Å². The van der Waals surface area contributed by atoms with E-state index in [1.165, 1.54) is 43.7 Å². The van der Waals surface area contributed by atoms with Gasteiger partial charge in [0.25, 0.3) is 0 Å². The summed E-state index contributed by atoms with van der Waals surface area (Å²) in [6.07, 6.45) is 7.89. The van der Waals surface area contributed by atoms with Crippen molar-refractivity contribution < 1.29 is 4.39 Å². The summed E-state index contributed by atoms with van der Waals surface area (Å²) in [5.74, 6) is 1.25. The van der Waals surface area contributed by atoms with Gasteiger partial charge >= 0.3 is 0 Å². The fourth-order valence-electron chi connectivity index (χ4n) is 3.11. The van der Waals surface area contributed by atoms with E-state index in [0.29, 0.717) is 5.92 Å². The van der Waals surface area contributed by atoms with Crippen molar-refractivity contribution in [2.45, 2.75) is 51.4 Å². The third-order valence-corrected chi connectivity index (χ3v) is 3.94. The van der Waals surface area contributed by atoms with Crippen molar-refractivity contribution in [2.75, 3.05) is 0 Å². The Morgan fingerprint density at radius 2 is 2.00 bits per heavy atom. The molecule has 1 heteroatoms. The molecule has 0 nitrogen and oxygen atoms in total. The van der Waals surface area contributed by atoms with Gasteiger partial charge in [-0.05, 0) is 48.8 Å². The highest BCUT2D eigenvalue weighted by molar-refractivity contribution is 5.21. The molecule has 0 saturated heterocycles. The lowest BCUT2D eigenvalue weighted by atomic mass is 9.75. The van der Waals surface area contributed by atoms with Crippen molar-refractivity contribution in [1.29, 1.82) is 0 Å². The molecule has 0 heterocycles. The van der Waals surface area contributed by atoms with Crippen LogP contribution in [0.2, 0.25) is 0 Å². The summed E-state index contributed by atoms with van der Waals surface area (Å²) >= 11 is 0. The molecule has 0 amide bonds. The van der Waals surface area contributed by atoms with Gasteiger partial charge < -0.3 is 0 Å². The van der Waals surface area contributed by atoms with Crippen molar-refractivity contribution in [3.8, 4) is 0 Å². The molecule has 2 rings (SSSR count). The van der Waals surface area contributed by atoms with Crippen LogP contribution in [-0.4, -0.2) is 0 Å². The van der Waals surface area contributed by atoms with Crippen LogP contribution < -0.4 is 0 Å². The lowest BCUT2D eigenvalue weighted by Crippen LogP contribution is -2.15. The van der Waals surface area contributed by atoms with E-state index < -0.39 is 0 Å². The summed E-state index contributed by atoms with van der Waals surface area (Å²) in [6, 6.07) is 7.20. The highest BCUT2D eigenvalue weighted by Gasteiger charge is 2.23. The Hall–Kier alpha value is -0.850. The Morgan fingerprint density at radius 1 is 1.25 bits per heavy atom. The van der Waals surface area contributed by atoms with Crippen molar-refractivity contribution in [3.05, 3.63) is 35.6 Å². The zero-order valence-electron chi connectivity index (χ0n) is 10.1. The Kier molecular flexibility index (Phi) is 3.98. The number of benzene rings is 1. The van der Waals surface area contributed by atoms with E-state index in [2.05, 4.69) is 13.0 Å². The van der Waals surface area contributed by atoms with Gasteiger partial charge in [0, 0.05) is 0 Å². The summed E-state index contributed by atoms with van der Waals surface area (Å²) in [5.41, 5.74) is 1.20. The van der Waals surface area contributed by atoms with E-state index in [1.54, 1.807) is 6.07 Å². The minimum atomic E-state index is -0.0910. The van der Waals surface area contributed by atoms with Crippen LogP contribution in [0.15, 0.2) is 24.3 Å². The maximum Gasteiger partial charge on any atom is 0.123 e. The predicted molar refractivity (Wildman–Crippen MR) is 66.0 cm³/mol. The Bertz CT molecular complexity index is 326. The average molecular weight is 220 g/mol. The fraction of sp³-hybridized carbons (Fsp3) is 0.600. The molecule has 0 radical (unpaired) electrons. The highest BCUT2D eigenvalue weighted by Crippen LogP contribution is 2.37. The normalized spacial score (nSPS) is 19.6. The largest absolute Gasteiger partial charge is 0.207 e. The van der Waals surface area contributed by atoms with Crippen LogP contribution in [0.5, 0.6) is 0 Å². The second kappa shape index (κ2) is 5.47. The van der Waals surface area contributed by atoms with Crippen molar-refractivity contribution in [1.82, 2.24) is 0 Å². The number of hydrogen-bond donors (Lipinski definition) is 0. The predicted octanol–water partition coefficient (Wildman–Crippen LogP) is 4.90. The molecule has 16 heavy (non-hydrogen) atoms. The van der Waals surface area contributed by atoms with Crippen LogP contribution in [-0.2, 0) is 0 Å². The summed E-state index contributed by atoms with van der Waals surface area (Å²) in [7, 11) is 0. The standard InChI is InChI=1S/C15H21F/c1-2-15(12-7-4-3-5-8-12)13-9-6-10-14(16)11-13/h6,9-12,15H,2-5,7-8H2,1H3. The SMILES string of the molecule is CCC(c1cccc(F)c1)C1CCCCC1. The molecule has 0 N–H and O–H groups in total. The Balaban J connectivity index is 2.14. The zero-order chi connectivity index (χ0) is 11.4. The summed E-state index contributed by atoms with van der Waals surface area (Å²) in [6.45, 7) is 2.23. The van der Waals surface area contributed by atoms with Gasteiger partial charge in [-0.15, -0.1) is 0 Å². The molecule has 1 aliphatic carbocycles. The summed E-state index contributed by atoms with van der Waals surface area (Å²) < 4.78 is 13.2. The van der Waals surface area contributed by atoms with Gasteiger partial charge in [-0.1, -0.05) is 38.3 Å². The third kappa shape index (κ3) is 2.63. The maximum atomic E-state index is 13.2. The number of hydrogen-bond acceptors (Lipinski definition) is 0. The second-order valence-electron chi connectivity index (χ2n) is 4.97. The lowest BCUT2D eigenvalue weighted by Gasteiger charge is -2.30. The van der Waals surface area contributed by atoms with Crippen LogP contribution >= 0.6 is 0 Å². The monoisotopic (exact) mass is 220 g/mol. The van der Waals surface area contributed by atoms with Crippen LogP contribution in [0.1, 0.15) is 56.9 Å². The first-order valence-corrected chi connectivity index (χ1v) is 6.56. The zero-order valence-corrected chi connectivity index (χ0v) is 10.1. The van der Waals surface area contributed by atoms with Gasteiger partial charge in [0.1, 0.15) is 5.82 Å². The van der Waals surface area contributed by atoms with Gasteiger partial charge in [-0.2, -0.15) is 0 Å². The molecule has 0 bridgehead atoms. The van der Waals surface area contributed by atoms with Crippen LogP contribution in [0.25, 0.3) is 0 Å². The van der Waals surface area contributed by atoms with Crippen molar-refractivity contribution in [3.63, 3.8) is 0 Å². The van der Waals surface area contributed by atoms with E-state index in [0.717, 1.165) is 12.3 Å². The molecule has 1 unspecified atom stereocenters. The molecule has 1 atom stereocenters. The molecule has 0 spiro atoms. The maximum absolute atomic E-state index is 13.2. The first-order valence-electron chi connectivity index (χ1n) is 6.56. The average Bonchev–Trinajstić information content (AvgIpc) is 2.31. The van der Waals surface area contributed by atoms with Gasteiger partial charge in [-0.25, -0.2) is 4.39 Å². The quantitative estimate of drug-likeness (QED) is 0.679. The molecule has 0 aromatic heterocycles. The Labute approximate surface area is 97.9 Å². The third-order valence-electron chi connectivity index (χ3n) is 3.94. The fourth-order valence-corrected chi connectivity index (χ4v) is 3.11. The summed E-state index contributed by atoms with van der Waals surface area (Å²) in [5, 5.41) is 0. The minimum Gasteiger partial charge on any atom is -0.207 e. The van der Waals surface area contributed by atoms with Gasteiger partial charge in [0.05, 0.1) is 0 Å². The molecule has 1 aliphatic rings. The van der Waals surface area contributed by atoms with Crippen LogP contribution in [0, 0.1) is 11.7 Å². The molecule has 88 valence electrons. The van der Waals surface area contributed by atoms with E-state index in [-0.39, 0.29) is 5.82 Å². The van der Waals surface area contributed by atoms with Crippen LogP contribution in [0.3, 0.4) is 0 Å². The first kappa shape index (κ1) is 11.6. The molecular weight excluding hydrogens is 199 g/mol. The van der Waals surface area contributed by atoms with Crippen molar-refractivity contribution in [2.24, 2.45) is 5.92 Å². The van der Waals surface area contributed by atoms with Gasteiger partial charge in [0.15, 0.2) is 0 Å². The lowest BCUT2D eigenvalue weighted by molar-refractivity contribution is 0.298. The molecular formula is C15H21F. The molecule has 1 aromatic rings. The van der Waals surface area contributed by atoms with E-state index in [9.17, 15) is 4.39 Å². The van der Waals surface area contributed by atoms with Crippen molar-refractivity contribution >= 4 is 0 Å². The number of rotatable bonds is 3. The van der Waals surface area contributed by atoms with E-state index >= 15 is 0 Å². The Morgan fingerprint density at radius 3 is 2.62 bits per heavy atom. The minimum absolute atomic E-state index is 0.0910. The second-order valence-corrected chi connectivity index (χ2v) is 4.97. The van der Waals surface area contributed by atoms with E-state index in [1.807, 2.05) is 6.07 Å². The molecule has 0 aliphatic heterocycles. The molecule has 1 aromatic carbocycles.